The normalized spacial score (nSPS) is 19.3. The quantitative estimate of drug-likeness (QED) is 0.474. The van der Waals surface area contributed by atoms with E-state index in [2.05, 4.69) is 39.3 Å². The maximum atomic E-state index is 5.73. The summed E-state index contributed by atoms with van der Waals surface area (Å²) in [5.41, 5.74) is 2.22. The molecule has 0 radical (unpaired) electrons. The second-order valence-electron chi connectivity index (χ2n) is 8.28. The zero-order valence-electron chi connectivity index (χ0n) is 17.3. The standard InChI is InChI=1S/C16H42O3Si4/c1-17-10-13(21(4)5)16(20,14(11-18-2)22(6)7)15(12-19-3)23(8)9/h13-15,21-23H,10-12H2,1-9,20H3. The van der Waals surface area contributed by atoms with Gasteiger partial charge in [0.25, 0.3) is 0 Å². The predicted octanol–water partition coefficient (Wildman–Crippen LogP) is 2.02. The van der Waals surface area contributed by atoms with Crippen LogP contribution >= 0.6 is 0 Å². The topological polar surface area (TPSA) is 27.7 Å². The third-order valence-corrected chi connectivity index (χ3v) is 17.6. The molecule has 0 spiro atoms. The lowest BCUT2D eigenvalue weighted by Gasteiger charge is -2.52. The second-order valence-corrected chi connectivity index (χ2v) is 19.9. The number of hydrogen-bond acceptors (Lipinski definition) is 3. The van der Waals surface area contributed by atoms with Gasteiger partial charge in [0.05, 0.1) is 0 Å². The van der Waals surface area contributed by atoms with Crippen LogP contribution in [0.5, 0.6) is 0 Å². The van der Waals surface area contributed by atoms with Crippen molar-refractivity contribution in [2.75, 3.05) is 41.2 Å². The highest BCUT2D eigenvalue weighted by atomic mass is 28.3. The van der Waals surface area contributed by atoms with Gasteiger partial charge in [-0.1, -0.05) is 39.3 Å². The van der Waals surface area contributed by atoms with Crippen molar-refractivity contribution in [1.82, 2.24) is 0 Å². The Morgan fingerprint density at radius 1 is 0.652 bits per heavy atom. The molecule has 0 aromatic rings. The number of hydrogen-bond donors (Lipinski definition) is 0. The molecule has 0 amide bonds. The van der Waals surface area contributed by atoms with Gasteiger partial charge < -0.3 is 14.2 Å². The summed E-state index contributed by atoms with van der Waals surface area (Å²) in [7, 11) is 4.36. The lowest BCUT2D eigenvalue weighted by molar-refractivity contribution is 0.126. The van der Waals surface area contributed by atoms with Gasteiger partial charge in [-0.3, -0.25) is 0 Å². The van der Waals surface area contributed by atoms with E-state index < -0.39 is 26.4 Å². The smallest absolute Gasteiger partial charge is 0.0466 e. The molecule has 7 heteroatoms. The van der Waals surface area contributed by atoms with Gasteiger partial charge in [0.2, 0.25) is 0 Å². The first-order valence-electron chi connectivity index (χ1n) is 9.15. The largest absolute Gasteiger partial charge is 0.385 e. The van der Waals surface area contributed by atoms with Gasteiger partial charge in [-0.2, -0.15) is 0 Å². The molecule has 3 nitrogen and oxygen atoms in total. The molecule has 0 heterocycles. The van der Waals surface area contributed by atoms with Gasteiger partial charge >= 0.3 is 0 Å². The van der Waals surface area contributed by atoms with Gasteiger partial charge in [0.1, 0.15) is 0 Å². The van der Waals surface area contributed by atoms with Crippen LogP contribution in [0.3, 0.4) is 0 Å². The summed E-state index contributed by atoms with van der Waals surface area (Å²) >= 11 is 0. The van der Waals surface area contributed by atoms with Crippen LogP contribution in [0.1, 0.15) is 0 Å². The minimum Gasteiger partial charge on any atom is -0.385 e. The molecule has 0 aromatic carbocycles. The first-order chi connectivity index (χ1) is 10.7. The maximum Gasteiger partial charge on any atom is 0.0466 e. The van der Waals surface area contributed by atoms with Crippen LogP contribution in [0, 0.1) is 0 Å². The summed E-state index contributed by atoms with van der Waals surface area (Å²) in [4.78, 5) is 0. The first-order valence-corrected chi connectivity index (χ1v) is 19.1. The molecular weight excluding hydrogens is 353 g/mol. The lowest BCUT2D eigenvalue weighted by atomic mass is 9.94. The van der Waals surface area contributed by atoms with E-state index in [0.717, 1.165) is 36.4 Å². The van der Waals surface area contributed by atoms with Gasteiger partial charge in [-0.05, 0) is 21.7 Å². The molecule has 0 saturated carbocycles. The van der Waals surface area contributed by atoms with E-state index in [4.69, 9.17) is 14.2 Å². The first kappa shape index (κ1) is 23.7. The van der Waals surface area contributed by atoms with Crippen molar-refractivity contribution in [3.05, 3.63) is 0 Å². The van der Waals surface area contributed by atoms with E-state index in [-0.39, 0.29) is 0 Å². The summed E-state index contributed by atoms with van der Waals surface area (Å²) in [6.45, 7) is 17.8. The Hall–Kier alpha value is 0.748. The summed E-state index contributed by atoms with van der Waals surface area (Å²) in [6, 6.07) is 0. The van der Waals surface area contributed by atoms with Crippen LogP contribution < -0.4 is 0 Å². The molecular formula is C16H42O3Si4. The van der Waals surface area contributed by atoms with Crippen molar-refractivity contribution in [2.45, 2.75) is 60.9 Å². The molecule has 0 aliphatic carbocycles. The Balaban J connectivity index is 6.07. The Morgan fingerprint density at radius 3 is 1.00 bits per heavy atom. The van der Waals surface area contributed by atoms with Crippen molar-refractivity contribution in [3.8, 4) is 0 Å². The number of methoxy groups -OCH3 is 3. The maximum absolute atomic E-state index is 5.73. The Kier molecular flexibility index (Phi) is 11.7. The van der Waals surface area contributed by atoms with Crippen LogP contribution in [0.4, 0.5) is 0 Å². The number of ether oxygens (including phenoxy) is 3. The molecule has 0 rings (SSSR count). The lowest BCUT2D eigenvalue weighted by Crippen LogP contribution is -2.46. The van der Waals surface area contributed by atoms with Crippen LogP contribution in [0.2, 0.25) is 60.9 Å². The fraction of sp³-hybridized carbons (Fsp3) is 1.00. The van der Waals surface area contributed by atoms with Crippen LogP contribution in [0.15, 0.2) is 0 Å². The van der Waals surface area contributed by atoms with E-state index in [1.807, 2.05) is 21.3 Å². The van der Waals surface area contributed by atoms with Gasteiger partial charge in [-0.15, -0.1) is 0 Å². The van der Waals surface area contributed by atoms with Crippen molar-refractivity contribution in [1.29, 1.82) is 0 Å². The van der Waals surface area contributed by atoms with Crippen LogP contribution in [-0.4, -0.2) is 77.8 Å². The van der Waals surface area contributed by atoms with Crippen LogP contribution in [0.25, 0.3) is 0 Å². The molecule has 0 aliphatic heterocycles. The Labute approximate surface area is 153 Å². The van der Waals surface area contributed by atoms with Gasteiger partial charge in [0.15, 0.2) is 0 Å². The van der Waals surface area contributed by atoms with E-state index in [9.17, 15) is 0 Å². The SMILES string of the molecule is COCC([SiH](C)C)C([SiH3])(C(COC)[SiH](C)C)C(COC)[SiH](C)C. The predicted molar refractivity (Wildman–Crippen MR) is 116 cm³/mol. The molecule has 0 N–H and O–H groups in total. The highest BCUT2D eigenvalue weighted by Gasteiger charge is 2.50. The Morgan fingerprint density at radius 2 is 0.870 bits per heavy atom. The average molecular weight is 395 g/mol. The fourth-order valence-corrected chi connectivity index (χ4v) is 19.3. The highest BCUT2D eigenvalue weighted by Crippen LogP contribution is 2.60. The summed E-state index contributed by atoms with van der Waals surface area (Å²) in [5.74, 6) is 0. The summed E-state index contributed by atoms with van der Waals surface area (Å²) < 4.78 is 17.2. The van der Waals surface area contributed by atoms with E-state index >= 15 is 0 Å². The minimum atomic E-state index is -0.830. The molecule has 0 bridgehead atoms. The molecule has 3 unspecified atom stereocenters. The van der Waals surface area contributed by atoms with Crippen molar-refractivity contribution < 1.29 is 14.2 Å². The molecule has 3 atom stereocenters. The monoisotopic (exact) mass is 394 g/mol. The van der Waals surface area contributed by atoms with Crippen molar-refractivity contribution in [3.63, 3.8) is 0 Å². The molecule has 0 aromatic heterocycles. The van der Waals surface area contributed by atoms with Crippen LogP contribution in [-0.2, 0) is 14.2 Å². The highest BCUT2D eigenvalue weighted by molar-refractivity contribution is 6.65. The molecule has 23 heavy (non-hydrogen) atoms. The summed E-state index contributed by atoms with van der Waals surface area (Å²) in [5, 5.41) is 0.420. The zero-order chi connectivity index (χ0) is 18.2. The zero-order valence-corrected chi connectivity index (χ0v) is 22.8. The average Bonchev–Trinajstić information content (AvgIpc) is 2.46. The summed E-state index contributed by atoms with van der Waals surface area (Å²) in [6.07, 6.45) is 0. The third-order valence-electron chi connectivity index (χ3n) is 5.85. The molecule has 0 saturated heterocycles. The van der Waals surface area contributed by atoms with E-state index in [1.165, 1.54) is 10.2 Å². The van der Waals surface area contributed by atoms with Crippen molar-refractivity contribution >= 4 is 36.6 Å². The minimum absolute atomic E-state index is 0.420. The van der Waals surface area contributed by atoms with Gasteiger partial charge in [0, 0.05) is 77.8 Å². The van der Waals surface area contributed by atoms with Crippen molar-refractivity contribution in [2.24, 2.45) is 0 Å². The molecule has 0 fully saturated rings. The van der Waals surface area contributed by atoms with Gasteiger partial charge in [-0.25, -0.2) is 0 Å². The number of rotatable bonds is 12. The molecule has 0 aliphatic rings. The Bertz CT molecular complexity index is 268. The van der Waals surface area contributed by atoms with E-state index in [1.54, 1.807) is 0 Å². The molecule has 140 valence electrons. The fourth-order valence-electron chi connectivity index (χ4n) is 4.63. The third kappa shape index (κ3) is 6.20. The van der Waals surface area contributed by atoms with E-state index in [0.29, 0.717) is 5.04 Å². The second kappa shape index (κ2) is 11.4.